The summed E-state index contributed by atoms with van der Waals surface area (Å²) in [5.74, 6) is 0.919. The Kier molecular flexibility index (Phi) is 6.25. The highest BCUT2D eigenvalue weighted by Gasteiger charge is 2.43. The highest BCUT2D eigenvalue weighted by Crippen LogP contribution is 2.42. The zero-order valence-corrected chi connectivity index (χ0v) is 19.6. The second-order valence-corrected chi connectivity index (χ2v) is 10.0. The molecule has 2 aliphatic rings. The molecule has 2 aromatic heterocycles. The maximum atomic E-state index is 13.5. The lowest BCUT2D eigenvalue weighted by molar-refractivity contribution is -0.151. The average Bonchev–Trinajstić information content (AvgIpc) is 3.44. The number of likely N-dealkylation sites (tertiary alicyclic amines) is 1. The molecule has 0 spiro atoms. The van der Waals surface area contributed by atoms with Gasteiger partial charge in [0, 0.05) is 47.6 Å². The van der Waals surface area contributed by atoms with Crippen LogP contribution in [-0.2, 0) is 4.79 Å². The maximum Gasteiger partial charge on any atom is 0.223 e. The number of rotatable bonds is 5. The first kappa shape index (κ1) is 22.5. The fourth-order valence-electron chi connectivity index (χ4n) is 6.17. The minimum atomic E-state index is -1.30. The van der Waals surface area contributed by atoms with Crippen molar-refractivity contribution >= 4 is 28.4 Å². The standard InChI is InChI=1S/C26H31ClN2O4/c1-15(13-24(30)29-12-4-7-16-17(26(31)32)5-3-9-21(16)29)19-14-28-20-8-2-6-18(25(19)20)22-10-11-23(27)33-22/h2,6,8,10-11,14-17,21,26,28,31-32H,3-5,7,9,12-13H2,1H3. The number of aliphatic hydroxyl groups is 2. The predicted molar refractivity (Wildman–Crippen MR) is 128 cm³/mol. The number of carbonyl (C=O) groups excluding carboxylic acids is 1. The van der Waals surface area contributed by atoms with Crippen LogP contribution in [0.5, 0.6) is 0 Å². The number of carbonyl (C=O) groups is 1. The van der Waals surface area contributed by atoms with Gasteiger partial charge < -0.3 is 24.5 Å². The number of aromatic amines is 1. The number of nitrogens with one attached hydrogen (secondary N) is 1. The Balaban J connectivity index is 1.39. The number of halogens is 1. The Morgan fingerprint density at radius 3 is 2.82 bits per heavy atom. The van der Waals surface area contributed by atoms with E-state index in [9.17, 15) is 15.0 Å². The number of hydrogen-bond donors (Lipinski definition) is 3. The molecular weight excluding hydrogens is 440 g/mol. The zero-order chi connectivity index (χ0) is 23.1. The number of nitrogens with zero attached hydrogens (tertiary/aromatic N) is 1. The molecule has 0 radical (unpaired) electrons. The molecule has 1 aromatic carbocycles. The van der Waals surface area contributed by atoms with Crippen LogP contribution in [0.2, 0.25) is 5.22 Å². The number of H-pyrrole nitrogens is 1. The molecule has 33 heavy (non-hydrogen) atoms. The van der Waals surface area contributed by atoms with Gasteiger partial charge in [0.25, 0.3) is 0 Å². The Bertz CT molecular complexity index is 1140. The molecule has 1 saturated heterocycles. The number of piperidine rings is 1. The van der Waals surface area contributed by atoms with Gasteiger partial charge in [-0.2, -0.15) is 0 Å². The highest BCUT2D eigenvalue weighted by atomic mass is 35.5. The molecule has 4 atom stereocenters. The van der Waals surface area contributed by atoms with E-state index in [0.717, 1.165) is 60.7 Å². The van der Waals surface area contributed by atoms with Crippen molar-refractivity contribution in [3.8, 4) is 11.3 Å². The summed E-state index contributed by atoms with van der Waals surface area (Å²) >= 11 is 6.02. The molecule has 5 rings (SSSR count). The van der Waals surface area contributed by atoms with Crippen LogP contribution in [0, 0.1) is 11.8 Å². The molecule has 1 amide bonds. The lowest BCUT2D eigenvalue weighted by Crippen LogP contribution is -2.54. The van der Waals surface area contributed by atoms with Gasteiger partial charge in [-0.15, -0.1) is 0 Å². The number of amides is 1. The minimum Gasteiger partial charge on any atom is -0.445 e. The summed E-state index contributed by atoms with van der Waals surface area (Å²) in [7, 11) is 0. The normalized spacial score (nSPS) is 24.3. The molecule has 1 aliphatic carbocycles. The van der Waals surface area contributed by atoms with Crippen molar-refractivity contribution in [3.05, 3.63) is 47.3 Å². The minimum absolute atomic E-state index is 0.0148. The Labute approximate surface area is 198 Å². The lowest BCUT2D eigenvalue weighted by Gasteiger charge is -2.48. The molecule has 3 aromatic rings. The van der Waals surface area contributed by atoms with Gasteiger partial charge >= 0.3 is 0 Å². The molecule has 3 heterocycles. The van der Waals surface area contributed by atoms with E-state index in [1.54, 1.807) is 6.07 Å². The van der Waals surface area contributed by atoms with Crippen LogP contribution < -0.4 is 0 Å². The molecule has 4 unspecified atom stereocenters. The van der Waals surface area contributed by atoms with E-state index in [-0.39, 0.29) is 29.7 Å². The van der Waals surface area contributed by atoms with Crippen LogP contribution in [-0.4, -0.2) is 44.9 Å². The summed E-state index contributed by atoms with van der Waals surface area (Å²) in [5, 5.41) is 21.1. The Morgan fingerprint density at radius 1 is 1.21 bits per heavy atom. The molecule has 176 valence electrons. The van der Waals surface area contributed by atoms with Crippen molar-refractivity contribution in [3.63, 3.8) is 0 Å². The third-order valence-electron chi connectivity index (χ3n) is 7.71. The summed E-state index contributed by atoms with van der Waals surface area (Å²) in [6.45, 7) is 2.85. The molecule has 2 fully saturated rings. The average molecular weight is 471 g/mol. The fraction of sp³-hybridized carbons (Fsp3) is 0.500. The number of fused-ring (bicyclic) bond motifs is 2. The molecule has 3 N–H and O–H groups in total. The summed E-state index contributed by atoms with van der Waals surface area (Å²) in [5.41, 5.74) is 3.04. The van der Waals surface area contributed by atoms with Crippen LogP contribution >= 0.6 is 11.6 Å². The largest absolute Gasteiger partial charge is 0.445 e. The van der Waals surface area contributed by atoms with Gasteiger partial charge in [-0.05, 0) is 72.9 Å². The van der Waals surface area contributed by atoms with Crippen LogP contribution in [0.15, 0.2) is 40.9 Å². The first-order valence-corrected chi connectivity index (χ1v) is 12.3. The molecule has 7 heteroatoms. The quantitative estimate of drug-likeness (QED) is 0.442. The van der Waals surface area contributed by atoms with E-state index in [0.29, 0.717) is 17.4 Å². The summed E-state index contributed by atoms with van der Waals surface area (Å²) in [6, 6.07) is 9.74. The SMILES string of the molecule is CC(CC(=O)N1CCCC2C(C(O)O)CCCC21)c1c[nH]c2cccc(-c3ccc(Cl)o3)c12. The number of furan rings is 1. The van der Waals surface area contributed by atoms with E-state index in [4.69, 9.17) is 16.0 Å². The number of hydrogen-bond acceptors (Lipinski definition) is 4. The smallest absolute Gasteiger partial charge is 0.223 e. The van der Waals surface area contributed by atoms with Gasteiger partial charge in [-0.1, -0.05) is 25.5 Å². The molecule has 1 aliphatic heterocycles. The molecular formula is C26H31ClN2O4. The van der Waals surface area contributed by atoms with E-state index in [2.05, 4.69) is 11.9 Å². The van der Waals surface area contributed by atoms with Crippen molar-refractivity contribution in [1.82, 2.24) is 9.88 Å². The molecule has 1 saturated carbocycles. The lowest BCUT2D eigenvalue weighted by atomic mass is 9.70. The number of benzene rings is 1. The van der Waals surface area contributed by atoms with Crippen molar-refractivity contribution in [2.75, 3.05) is 6.54 Å². The van der Waals surface area contributed by atoms with Gasteiger partial charge in [0.2, 0.25) is 5.91 Å². The zero-order valence-electron chi connectivity index (χ0n) is 18.8. The summed E-state index contributed by atoms with van der Waals surface area (Å²) < 4.78 is 5.68. The van der Waals surface area contributed by atoms with Gasteiger partial charge in [-0.25, -0.2) is 0 Å². The highest BCUT2D eigenvalue weighted by molar-refractivity contribution is 6.29. The predicted octanol–water partition coefficient (Wildman–Crippen LogP) is 5.29. The molecule has 6 nitrogen and oxygen atoms in total. The van der Waals surface area contributed by atoms with Crippen LogP contribution in [0.3, 0.4) is 0 Å². The fourth-order valence-corrected chi connectivity index (χ4v) is 6.31. The Morgan fingerprint density at radius 2 is 2.06 bits per heavy atom. The van der Waals surface area contributed by atoms with Gasteiger partial charge in [-0.3, -0.25) is 4.79 Å². The second kappa shape index (κ2) is 9.16. The van der Waals surface area contributed by atoms with Crippen molar-refractivity contribution in [1.29, 1.82) is 0 Å². The third-order valence-corrected chi connectivity index (χ3v) is 7.91. The van der Waals surface area contributed by atoms with E-state index >= 15 is 0 Å². The van der Waals surface area contributed by atoms with Crippen LogP contribution in [0.25, 0.3) is 22.2 Å². The second-order valence-electron chi connectivity index (χ2n) is 9.65. The van der Waals surface area contributed by atoms with E-state index in [1.165, 1.54) is 0 Å². The summed E-state index contributed by atoms with van der Waals surface area (Å²) in [6.07, 6.45) is 5.69. The number of aliphatic hydroxyl groups excluding tert-OH is 1. The van der Waals surface area contributed by atoms with E-state index < -0.39 is 6.29 Å². The van der Waals surface area contributed by atoms with Crippen molar-refractivity contribution in [2.45, 2.75) is 63.7 Å². The van der Waals surface area contributed by atoms with E-state index in [1.807, 2.05) is 35.4 Å². The first-order valence-electron chi connectivity index (χ1n) is 12.0. The maximum absolute atomic E-state index is 13.5. The van der Waals surface area contributed by atoms with Gasteiger partial charge in [0.05, 0.1) is 0 Å². The number of aromatic nitrogens is 1. The van der Waals surface area contributed by atoms with Gasteiger partial charge in [0.15, 0.2) is 11.5 Å². The third kappa shape index (κ3) is 4.20. The topological polar surface area (TPSA) is 89.7 Å². The first-order chi connectivity index (χ1) is 15.9. The molecule has 0 bridgehead atoms. The van der Waals surface area contributed by atoms with Crippen LogP contribution in [0.4, 0.5) is 0 Å². The van der Waals surface area contributed by atoms with Gasteiger partial charge in [0.1, 0.15) is 5.76 Å². The van der Waals surface area contributed by atoms with Crippen molar-refractivity contribution < 1.29 is 19.4 Å². The Hall–Kier alpha value is -2.28. The monoisotopic (exact) mass is 470 g/mol. The summed E-state index contributed by atoms with van der Waals surface area (Å²) in [4.78, 5) is 18.9. The van der Waals surface area contributed by atoms with Crippen LogP contribution in [0.1, 0.15) is 56.9 Å². The van der Waals surface area contributed by atoms with Crippen molar-refractivity contribution in [2.24, 2.45) is 11.8 Å².